The van der Waals surface area contributed by atoms with Gasteiger partial charge in [-0.15, -0.1) is 23.4 Å². The van der Waals surface area contributed by atoms with Gasteiger partial charge in [-0.1, -0.05) is 41.9 Å². The van der Waals surface area contributed by atoms with Gasteiger partial charge in [-0.2, -0.15) is 0 Å². The van der Waals surface area contributed by atoms with E-state index in [-0.39, 0.29) is 23.3 Å². The fourth-order valence-electron chi connectivity index (χ4n) is 2.47. The molecule has 0 spiro atoms. The van der Waals surface area contributed by atoms with Crippen LogP contribution >= 0.6 is 11.6 Å². The fourth-order valence-corrected chi connectivity index (χ4v) is 2.67. The Labute approximate surface area is 158 Å². The topological polar surface area (TPSA) is 44.2 Å². The average Bonchev–Trinajstić information content (AvgIpc) is 2.60. The lowest BCUT2D eigenvalue weighted by Gasteiger charge is -2.15. The van der Waals surface area contributed by atoms with Crippen LogP contribution < -0.4 is 9.47 Å². The molecule has 0 amide bonds. The van der Waals surface area contributed by atoms with E-state index in [9.17, 15) is 13.2 Å². The number of ether oxygens (including phenoxy) is 2. The van der Waals surface area contributed by atoms with Crippen molar-refractivity contribution in [2.75, 3.05) is 0 Å². The number of benzene rings is 2. The lowest BCUT2D eigenvalue weighted by Crippen LogP contribution is -2.17. The zero-order chi connectivity index (χ0) is 19.4. The molecule has 0 unspecified atom stereocenters. The van der Waals surface area contributed by atoms with Crippen LogP contribution in [0.25, 0.3) is 11.3 Å². The van der Waals surface area contributed by atoms with Crippen molar-refractivity contribution in [3.63, 3.8) is 0 Å². The van der Waals surface area contributed by atoms with E-state index >= 15 is 0 Å². The third-order valence-corrected chi connectivity index (χ3v) is 3.82. The molecule has 27 heavy (non-hydrogen) atoms. The highest BCUT2D eigenvalue weighted by Gasteiger charge is 2.31. The Bertz CT molecular complexity index is 934. The van der Waals surface area contributed by atoms with Crippen molar-refractivity contribution in [3.8, 4) is 22.8 Å². The molecule has 0 radical (unpaired) electrons. The van der Waals surface area contributed by atoms with Gasteiger partial charge in [0, 0.05) is 11.6 Å². The molecule has 0 fully saturated rings. The summed E-state index contributed by atoms with van der Waals surface area (Å²) < 4.78 is 47.4. The van der Waals surface area contributed by atoms with Crippen molar-refractivity contribution in [2.24, 2.45) is 0 Å². The Morgan fingerprint density at radius 1 is 1.00 bits per heavy atom. The molecule has 1 heterocycles. The predicted octanol–water partition coefficient (Wildman–Crippen LogP) is 5.58. The summed E-state index contributed by atoms with van der Waals surface area (Å²) in [4.78, 5) is 0. The van der Waals surface area contributed by atoms with Crippen LogP contribution in [0.2, 0.25) is 5.15 Å². The molecule has 4 nitrogen and oxygen atoms in total. The maximum Gasteiger partial charge on any atom is 0.573 e. The lowest BCUT2D eigenvalue weighted by molar-refractivity contribution is -0.274. The summed E-state index contributed by atoms with van der Waals surface area (Å²) in [6.45, 7) is 1.94. The van der Waals surface area contributed by atoms with Gasteiger partial charge in [-0.3, -0.25) is 0 Å². The van der Waals surface area contributed by atoms with Crippen LogP contribution in [0.4, 0.5) is 13.2 Å². The van der Waals surface area contributed by atoms with E-state index in [1.54, 1.807) is 13.0 Å². The summed E-state index contributed by atoms with van der Waals surface area (Å²) in [7, 11) is 0. The highest BCUT2D eigenvalue weighted by atomic mass is 35.5. The minimum Gasteiger partial charge on any atom is -0.488 e. The first-order chi connectivity index (χ1) is 12.8. The van der Waals surface area contributed by atoms with E-state index < -0.39 is 6.36 Å². The Hall–Kier alpha value is -2.80. The first-order valence-electron chi connectivity index (χ1n) is 7.88. The molecule has 2 aromatic carbocycles. The van der Waals surface area contributed by atoms with E-state index in [1.807, 2.05) is 30.3 Å². The summed E-state index contributed by atoms with van der Waals surface area (Å²) in [5, 5.41) is 8.07. The quantitative estimate of drug-likeness (QED) is 0.566. The van der Waals surface area contributed by atoms with Gasteiger partial charge in [-0.25, -0.2) is 0 Å². The summed E-state index contributed by atoms with van der Waals surface area (Å²) >= 11 is 5.83. The van der Waals surface area contributed by atoms with Gasteiger partial charge in [0.2, 0.25) is 0 Å². The number of aromatic nitrogens is 2. The lowest BCUT2D eigenvalue weighted by atomic mass is 10.1. The Balaban J connectivity index is 1.98. The second kappa shape index (κ2) is 7.84. The van der Waals surface area contributed by atoms with Gasteiger partial charge in [0.15, 0.2) is 5.15 Å². The first kappa shape index (κ1) is 19.0. The Morgan fingerprint density at radius 2 is 1.74 bits per heavy atom. The van der Waals surface area contributed by atoms with Crippen LogP contribution in [0.3, 0.4) is 0 Å². The van der Waals surface area contributed by atoms with Gasteiger partial charge >= 0.3 is 6.36 Å². The monoisotopic (exact) mass is 394 g/mol. The number of halogens is 4. The third kappa shape index (κ3) is 5.10. The second-order valence-corrected chi connectivity index (χ2v) is 6.07. The molecule has 3 rings (SSSR count). The second-order valence-electron chi connectivity index (χ2n) is 5.68. The molecule has 0 saturated heterocycles. The summed E-state index contributed by atoms with van der Waals surface area (Å²) in [5.41, 5.74) is 2.52. The summed E-state index contributed by atoms with van der Waals surface area (Å²) in [5.74, 6) is -0.186. The van der Waals surface area contributed by atoms with Crippen molar-refractivity contribution in [1.82, 2.24) is 10.2 Å². The van der Waals surface area contributed by atoms with Gasteiger partial charge in [0.25, 0.3) is 0 Å². The molecule has 0 saturated carbocycles. The highest BCUT2D eigenvalue weighted by molar-refractivity contribution is 6.29. The smallest absolute Gasteiger partial charge is 0.488 e. The van der Waals surface area contributed by atoms with E-state index in [2.05, 4.69) is 14.9 Å². The minimum atomic E-state index is -4.80. The minimum absolute atomic E-state index is 0.170. The van der Waals surface area contributed by atoms with E-state index in [0.717, 1.165) is 5.56 Å². The Morgan fingerprint density at radius 3 is 2.41 bits per heavy atom. The van der Waals surface area contributed by atoms with Crippen LogP contribution in [0, 0.1) is 6.92 Å². The van der Waals surface area contributed by atoms with Crippen molar-refractivity contribution >= 4 is 11.6 Å². The number of hydrogen-bond donors (Lipinski definition) is 0. The van der Waals surface area contributed by atoms with Crippen LogP contribution in [-0.2, 0) is 6.61 Å². The molecule has 8 heteroatoms. The SMILES string of the molecule is Cc1cc(Cl)nnc1-c1ccc(OC(F)(F)F)cc1OCc1ccccc1. The predicted molar refractivity (Wildman–Crippen MR) is 94.7 cm³/mol. The van der Waals surface area contributed by atoms with Crippen LogP contribution in [0.5, 0.6) is 11.5 Å². The average molecular weight is 395 g/mol. The maximum atomic E-state index is 12.6. The zero-order valence-corrected chi connectivity index (χ0v) is 14.9. The zero-order valence-electron chi connectivity index (χ0n) is 14.1. The molecule has 0 aliphatic heterocycles. The molecule has 0 aliphatic rings. The molecule has 0 N–H and O–H groups in total. The van der Waals surface area contributed by atoms with Crippen molar-refractivity contribution in [2.45, 2.75) is 19.9 Å². The van der Waals surface area contributed by atoms with Crippen LogP contribution in [0.1, 0.15) is 11.1 Å². The van der Waals surface area contributed by atoms with Crippen LogP contribution in [-0.4, -0.2) is 16.6 Å². The molecular formula is C19H14ClF3N2O2. The summed E-state index contributed by atoms with van der Waals surface area (Å²) in [6.07, 6.45) is -4.80. The van der Waals surface area contributed by atoms with E-state index in [4.69, 9.17) is 16.3 Å². The largest absolute Gasteiger partial charge is 0.573 e. The number of hydrogen-bond acceptors (Lipinski definition) is 4. The van der Waals surface area contributed by atoms with Gasteiger partial charge in [0.05, 0.1) is 5.69 Å². The van der Waals surface area contributed by atoms with Crippen LogP contribution in [0.15, 0.2) is 54.6 Å². The van der Waals surface area contributed by atoms with Gasteiger partial charge < -0.3 is 9.47 Å². The number of aryl methyl sites for hydroxylation is 1. The molecule has 0 aliphatic carbocycles. The van der Waals surface area contributed by atoms with Crippen molar-refractivity contribution < 1.29 is 22.6 Å². The molecular weight excluding hydrogens is 381 g/mol. The normalized spacial score (nSPS) is 11.3. The maximum absolute atomic E-state index is 12.6. The third-order valence-electron chi connectivity index (χ3n) is 3.63. The molecule has 0 atom stereocenters. The molecule has 1 aromatic heterocycles. The van der Waals surface area contributed by atoms with Gasteiger partial charge in [-0.05, 0) is 36.2 Å². The Kier molecular flexibility index (Phi) is 5.51. The van der Waals surface area contributed by atoms with Crippen molar-refractivity contribution in [1.29, 1.82) is 0 Å². The molecule has 3 aromatic rings. The van der Waals surface area contributed by atoms with Crippen molar-refractivity contribution in [3.05, 3.63) is 70.9 Å². The molecule has 140 valence electrons. The number of nitrogens with zero attached hydrogens (tertiary/aromatic N) is 2. The van der Waals surface area contributed by atoms with Gasteiger partial charge in [0.1, 0.15) is 18.1 Å². The number of rotatable bonds is 5. The summed E-state index contributed by atoms with van der Waals surface area (Å²) in [6, 6.07) is 14.7. The number of alkyl halides is 3. The van der Waals surface area contributed by atoms with E-state index in [1.165, 1.54) is 18.2 Å². The highest BCUT2D eigenvalue weighted by Crippen LogP contribution is 2.36. The molecule has 0 bridgehead atoms. The van der Waals surface area contributed by atoms with E-state index in [0.29, 0.717) is 16.8 Å². The fraction of sp³-hybridized carbons (Fsp3) is 0.158. The standard InChI is InChI=1S/C19H14ClF3N2O2/c1-12-9-17(20)24-25-18(12)15-8-7-14(27-19(21,22)23)10-16(15)26-11-13-5-3-2-4-6-13/h2-10H,11H2,1H3. The first-order valence-corrected chi connectivity index (χ1v) is 8.26.